The van der Waals surface area contributed by atoms with Gasteiger partial charge < -0.3 is 10.6 Å². The lowest BCUT2D eigenvalue weighted by Crippen LogP contribution is -2.48. The second kappa shape index (κ2) is 10.7. The van der Waals surface area contributed by atoms with E-state index in [2.05, 4.69) is 10.6 Å². The van der Waals surface area contributed by atoms with Gasteiger partial charge in [-0.25, -0.2) is 8.42 Å². The van der Waals surface area contributed by atoms with Gasteiger partial charge in [0.05, 0.1) is 4.90 Å². The normalized spacial score (nSPS) is 17.8. The van der Waals surface area contributed by atoms with E-state index in [1.807, 2.05) is 30.3 Å². The molecule has 0 spiro atoms. The second-order valence-electron chi connectivity index (χ2n) is 9.34. The summed E-state index contributed by atoms with van der Waals surface area (Å²) in [6.07, 6.45) is 7.15. The lowest BCUT2D eigenvalue weighted by atomic mass is 9.96. The van der Waals surface area contributed by atoms with Gasteiger partial charge in [-0.3, -0.25) is 9.59 Å². The number of benzene rings is 2. The van der Waals surface area contributed by atoms with Crippen LogP contribution in [-0.4, -0.2) is 49.7 Å². The van der Waals surface area contributed by atoms with Crippen LogP contribution in [0.5, 0.6) is 0 Å². The molecule has 0 radical (unpaired) electrons. The van der Waals surface area contributed by atoms with Crippen LogP contribution in [0, 0.1) is 0 Å². The van der Waals surface area contributed by atoms with Gasteiger partial charge in [0.15, 0.2) is 0 Å². The highest BCUT2D eigenvalue weighted by atomic mass is 32.2. The van der Waals surface area contributed by atoms with Gasteiger partial charge in [-0.2, -0.15) is 4.31 Å². The van der Waals surface area contributed by atoms with E-state index in [1.54, 1.807) is 19.2 Å². The van der Waals surface area contributed by atoms with E-state index in [1.165, 1.54) is 16.4 Å². The largest absolute Gasteiger partial charge is 0.352 e. The van der Waals surface area contributed by atoms with Crippen LogP contribution in [0.15, 0.2) is 59.5 Å². The molecule has 1 atom stereocenters. The van der Waals surface area contributed by atoms with E-state index >= 15 is 0 Å². The Labute approximate surface area is 202 Å². The summed E-state index contributed by atoms with van der Waals surface area (Å²) < 4.78 is 27.9. The van der Waals surface area contributed by atoms with Gasteiger partial charge in [0, 0.05) is 31.1 Å². The van der Waals surface area contributed by atoms with Crippen LogP contribution >= 0.6 is 0 Å². The molecule has 2 aliphatic carbocycles. The first kappa shape index (κ1) is 24.4. The number of sulfonamides is 1. The molecule has 2 aromatic rings. The Kier molecular flexibility index (Phi) is 7.68. The van der Waals surface area contributed by atoms with Gasteiger partial charge in [-0.15, -0.1) is 0 Å². The molecule has 2 N–H and O–H groups in total. The summed E-state index contributed by atoms with van der Waals surface area (Å²) >= 11 is 0. The van der Waals surface area contributed by atoms with Gasteiger partial charge in [0.25, 0.3) is 5.91 Å². The Morgan fingerprint density at radius 1 is 0.971 bits per heavy atom. The molecule has 2 fully saturated rings. The van der Waals surface area contributed by atoms with Crippen LogP contribution in [0.3, 0.4) is 0 Å². The number of amides is 2. The molecule has 2 saturated carbocycles. The number of nitrogens with one attached hydrogen (secondary N) is 2. The van der Waals surface area contributed by atoms with Crippen molar-refractivity contribution in [3.05, 3.63) is 65.7 Å². The molecular weight excluding hydrogens is 450 g/mol. The number of carbonyl (C=O) groups excluding carboxylic acids is 2. The fourth-order valence-corrected chi connectivity index (χ4v) is 5.90. The molecule has 0 aliphatic heterocycles. The van der Waals surface area contributed by atoms with E-state index in [0.717, 1.165) is 50.5 Å². The maximum atomic E-state index is 13.2. The van der Waals surface area contributed by atoms with Crippen molar-refractivity contribution in [1.29, 1.82) is 0 Å². The van der Waals surface area contributed by atoms with Crippen LogP contribution in [0.4, 0.5) is 0 Å². The third kappa shape index (κ3) is 6.04. The minimum absolute atomic E-state index is 0.0161. The van der Waals surface area contributed by atoms with E-state index < -0.39 is 22.0 Å². The zero-order valence-electron chi connectivity index (χ0n) is 19.6. The zero-order chi connectivity index (χ0) is 24.1. The van der Waals surface area contributed by atoms with Crippen molar-refractivity contribution >= 4 is 21.8 Å². The summed E-state index contributed by atoms with van der Waals surface area (Å²) in [4.78, 5) is 26.0. The molecule has 0 aromatic heterocycles. The molecule has 182 valence electrons. The van der Waals surface area contributed by atoms with Crippen LogP contribution in [0.1, 0.15) is 60.9 Å². The van der Waals surface area contributed by atoms with Crippen LogP contribution in [0.25, 0.3) is 0 Å². The summed E-state index contributed by atoms with van der Waals surface area (Å²) in [5, 5.41) is 5.79. The lowest BCUT2D eigenvalue weighted by molar-refractivity contribution is -0.123. The van der Waals surface area contributed by atoms with Crippen molar-refractivity contribution in [1.82, 2.24) is 14.9 Å². The Morgan fingerprint density at radius 2 is 1.68 bits per heavy atom. The second-order valence-corrected chi connectivity index (χ2v) is 11.3. The highest BCUT2D eigenvalue weighted by molar-refractivity contribution is 7.89. The maximum Gasteiger partial charge on any atom is 0.251 e. The average Bonchev–Trinajstić information content (AvgIpc) is 3.68. The number of carbonyl (C=O) groups is 2. The van der Waals surface area contributed by atoms with Crippen molar-refractivity contribution in [3.8, 4) is 0 Å². The molecule has 34 heavy (non-hydrogen) atoms. The third-order valence-electron chi connectivity index (χ3n) is 6.69. The van der Waals surface area contributed by atoms with Crippen molar-refractivity contribution in [2.24, 2.45) is 0 Å². The SMILES string of the molecule is CN(C1CCCCC1)S(=O)(=O)c1cccc(C(=O)NC(Cc2ccccc2)C(=O)NC2CC2)c1. The molecule has 1 unspecified atom stereocenters. The van der Waals surface area contributed by atoms with Gasteiger partial charge >= 0.3 is 0 Å². The molecule has 2 amide bonds. The molecule has 2 aliphatic rings. The first-order chi connectivity index (χ1) is 16.3. The minimum atomic E-state index is -3.72. The van der Waals surface area contributed by atoms with E-state index in [-0.39, 0.29) is 28.4 Å². The fraction of sp³-hybridized carbons (Fsp3) is 0.462. The number of nitrogens with zero attached hydrogens (tertiary/aromatic N) is 1. The minimum Gasteiger partial charge on any atom is -0.352 e. The molecule has 8 heteroatoms. The van der Waals surface area contributed by atoms with Gasteiger partial charge in [-0.1, -0.05) is 55.7 Å². The summed E-state index contributed by atoms with van der Waals surface area (Å²) in [6.45, 7) is 0. The highest BCUT2D eigenvalue weighted by Gasteiger charge is 2.31. The van der Waals surface area contributed by atoms with E-state index in [0.29, 0.717) is 6.42 Å². The monoisotopic (exact) mass is 483 g/mol. The Bertz CT molecular complexity index is 1110. The summed E-state index contributed by atoms with van der Waals surface area (Å²) in [7, 11) is -2.10. The maximum absolute atomic E-state index is 13.2. The van der Waals surface area contributed by atoms with Crippen molar-refractivity contribution < 1.29 is 18.0 Å². The van der Waals surface area contributed by atoms with Crippen LogP contribution < -0.4 is 10.6 Å². The molecular formula is C26H33N3O4S. The predicted molar refractivity (Wildman–Crippen MR) is 131 cm³/mol. The molecule has 4 rings (SSSR count). The lowest BCUT2D eigenvalue weighted by Gasteiger charge is -2.30. The average molecular weight is 484 g/mol. The standard InChI is InChI=1S/C26H33N3O4S/c1-29(22-12-6-3-7-13-22)34(32,33)23-14-8-11-20(18-23)25(30)28-24(26(31)27-21-15-16-21)17-19-9-4-2-5-10-19/h2,4-5,8-11,14,18,21-22,24H,3,6-7,12-13,15-17H2,1H3,(H,27,31)(H,28,30). The first-order valence-electron chi connectivity index (χ1n) is 12.1. The number of hydrogen-bond acceptors (Lipinski definition) is 4. The van der Waals surface area contributed by atoms with E-state index in [9.17, 15) is 18.0 Å². The molecule has 0 heterocycles. The Hall–Kier alpha value is -2.71. The zero-order valence-corrected chi connectivity index (χ0v) is 20.4. The topological polar surface area (TPSA) is 95.6 Å². The van der Waals surface area contributed by atoms with Crippen molar-refractivity contribution in [2.75, 3.05) is 7.05 Å². The fourth-order valence-electron chi connectivity index (χ4n) is 4.44. The Morgan fingerprint density at radius 3 is 2.35 bits per heavy atom. The van der Waals surface area contributed by atoms with Gasteiger partial charge in [-0.05, 0) is 49.4 Å². The third-order valence-corrected chi connectivity index (χ3v) is 8.60. The predicted octanol–water partition coefficient (Wildman–Crippen LogP) is 3.26. The summed E-state index contributed by atoms with van der Waals surface area (Å²) in [5.41, 5.74) is 1.15. The molecule has 0 bridgehead atoms. The van der Waals surface area contributed by atoms with E-state index in [4.69, 9.17) is 0 Å². The van der Waals surface area contributed by atoms with Crippen LogP contribution in [-0.2, 0) is 21.2 Å². The van der Waals surface area contributed by atoms with Gasteiger partial charge in [0.2, 0.25) is 15.9 Å². The molecule has 7 nitrogen and oxygen atoms in total. The summed E-state index contributed by atoms with van der Waals surface area (Å²) in [5.74, 6) is -0.690. The quantitative estimate of drug-likeness (QED) is 0.572. The highest BCUT2D eigenvalue weighted by Crippen LogP contribution is 2.27. The molecule has 0 saturated heterocycles. The van der Waals surface area contributed by atoms with Crippen molar-refractivity contribution in [3.63, 3.8) is 0 Å². The van der Waals surface area contributed by atoms with Crippen molar-refractivity contribution in [2.45, 2.75) is 74.4 Å². The smallest absolute Gasteiger partial charge is 0.251 e. The van der Waals surface area contributed by atoms with Crippen LogP contribution in [0.2, 0.25) is 0 Å². The first-order valence-corrected chi connectivity index (χ1v) is 13.5. The number of hydrogen-bond donors (Lipinski definition) is 2. The molecule has 2 aromatic carbocycles. The number of rotatable bonds is 9. The Balaban J connectivity index is 1.50. The van der Waals surface area contributed by atoms with Gasteiger partial charge in [0.1, 0.15) is 6.04 Å². The summed E-state index contributed by atoms with van der Waals surface area (Å²) in [6, 6.07) is 15.0.